The fourth-order valence-electron chi connectivity index (χ4n) is 5.52. The molecule has 1 fully saturated rings. The highest BCUT2D eigenvalue weighted by atomic mass is 16.2. The Balaban J connectivity index is 1.14. The van der Waals surface area contributed by atoms with Crippen LogP contribution in [0.25, 0.3) is 11.1 Å². The summed E-state index contributed by atoms with van der Waals surface area (Å²) in [7, 11) is 0. The highest BCUT2D eigenvalue weighted by Gasteiger charge is 2.28. The van der Waals surface area contributed by atoms with Crippen LogP contribution in [0, 0.1) is 0 Å². The average molecular weight is 506 g/mol. The van der Waals surface area contributed by atoms with Crippen molar-refractivity contribution in [2.45, 2.75) is 25.8 Å². The molecule has 1 N–H and O–H groups in total. The molecule has 7 heteroatoms. The van der Waals surface area contributed by atoms with E-state index in [-0.39, 0.29) is 0 Å². The van der Waals surface area contributed by atoms with Gasteiger partial charge in [0, 0.05) is 67.7 Å². The van der Waals surface area contributed by atoms with E-state index < -0.39 is 11.7 Å². The van der Waals surface area contributed by atoms with E-state index in [1.54, 1.807) is 0 Å². The zero-order chi connectivity index (χ0) is 25.9. The van der Waals surface area contributed by atoms with E-state index in [2.05, 4.69) is 24.7 Å². The minimum Gasteiger partial charge on any atom is -0.368 e. The quantitative estimate of drug-likeness (QED) is 0.294. The van der Waals surface area contributed by atoms with E-state index in [4.69, 9.17) is 0 Å². The number of fused-ring (bicyclic) bond motifs is 1. The van der Waals surface area contributed by atoms with Gasteiger partial charge in [-0.1, -0.05) is 36.4 Å². The number of aromatic nitrogens is 2. The van der Waals surface area contributed by atoms with Gasteiger partial charge in [0.1, 0.15) is 5.82 Å². The van der Waals surface area contributed by atoms with Crippen LogP contribution in [0.15, 0.2) is 85.2 Å². The lowest BCUT2D eigenvalue weighted by Gasteiger charge is -2.36. The van der Waals surface area contributed by atoms with E-state index in [0.717, 1.165) is 80.3 Å². The molecule has 0 saturated carbocycles. The van der Waals surface area contributed by atoms with Crippen molar-refractivity contribution in [3.8, 4) is 11.1 Å². The van der Waals surface area contributed by atoms with Crippen LogP contribution >= 0.6 is 0 Å². The van der Waals surface area contributed by atoms with Gasteiger partial charge in [0.15, 0.2) is 0 Å². The van der Waals surface area contributed by atoms with Crippen LogP contribution in [0.4, 0.5) is 17.2 Å². The third-order valence-electron chi connectivity index (χ3n) is 7.51. The Morgan fingerprint density at radius 2 is 1.50 bits per heavy atom. The largest absolute Gasteiger partial charge is 0.368 e. The number of hydrogen-bond acceptors (Lipinski definition) is 5. The van der Waals surface area contributed by atoms with Gasteiger partial charge in [-0.3, -0.25) is 9.59 Å². The molecule has 38 heavy (non-hydrogen) atoms. The van der Waals surface area contributed by atoms with Gasteiger partial charge in [-0.2, -0.15) is 0 Å². The normalized spacial score (nSPS) is 15.2. The zero-order valence-corrected chi connectivity index (χ0v) is 21.3. The first kappa shape index (κ1) is 24.0. The summed E-state index contributed by atoms with van der Waals surface area (Å²) in [6.07, 6.45) is 6.78. The predicted octanol–water partition coefficient (Wildman–Crippen LogP) is 5.03. The summed E-state index contributed by atoms with van der Waals surface area (Å²) in [4.78, 5) is 35.7. The fourth-order valence-corrected chi connectivity index (χ4v) is 5.52. The summed E-state index contributed by atoms with van der Waals surface area (Å²) in [5, 5.41) is 2.84. The molecular weight excluding hydrogens is 474 g/mol. The number of rotatable bonds is 6. The van der Waals surface area contributed by atoms with Gasteiger partial charge in [0.05, 0.1) is 5.56 Å². The van der Waals surface area contributed by atoms with Gasteiger partial charge in [0.2, 0.25) is 0 Å². The van der Waals surface area contributed by atoms with Crippen molar-refractivity contribution in [1.29, 1.82) is 0 Å². The van der Waals surface area contributed by atoms with E-state index in [1.807, 2.05) is 85.2 Å². The molecule has 1 amide bonds. The van der Waals surface area contributed by atoms with E-state index >= 15 is 0 Å². The average Bonchev–Trinajstić information content (AvgIpc) is 3.38. The maximum absolute atomic E-state index is 13.5. The number of nitrogens with one attached hydrogen (secondary N) is 1. The van der Waals surface area contributed by atoms with Crippen LogP contribution in [0.5, 0.6) is 0 Å². The van der Waals surface area contributed by atoms with Crippen LogP contribution < -0.4 is 15.1 Å². The number of anilines is 3. The van der Waals surface area contributed by atoms with Gasteiger partial charge < -0.3 is 19.7 Å². The van der Waals surface area contributed by atoms with Gasteiger partial charge in [0.25, 0.3) is 11.7 Å². The number of hydrogen-bond donors (Lipinski definition) is 1. The molecule has 0 atom stereocenters. The Kier molecular flexibility index (Phi) is 6.65. The maximum atomic E-state index is 13.5. The number of carbonyl (C=O) groups excluding carboxylic acids is 2. The number of piperazine rings is 1. The van der Waals surface area contributed by atoms with Crippen molar-refractivity contribution >= 4 is 28.9 Å². The Hall–Kier alpha value is -4.39. The minimum atomic E-state index is -0.599. The maximum Gasteiger partial charge on any atom is 0.296 e. The standard InChI is InChI=1S/C31H31N5O2/c37-30(29-26(23-8-2-1-3-9-23)22-36-17-7-5-10-27(29)36)31(38)33-24-12-14-25(15-13-24)34-18-20-35(21-19-34)28-11-4-6-16-32-28/h1-4,6,8-9,11-16,22H,5,7,10,17-21H2,(H,33,38). The van der Waals surface area contributed by atoms with Gasteiger partial charge in [-0.25, -0.2) is 4.98 Å². The number of pyridine rings is 1. The molecule has 0 spiro atoms. The van der Waals surface area contributed by atoms with Crippen LogP contribution in [0.1, 0.15) is 28.9 Å². The molecule has 2 aliphatic heterocycles. The number of amides is 1. The number of ketones is 1. The molecule has 0 aliphatic carbocycles. The molecule has 4 heterocycles. The molecule has 2 aromatic heterocycles. The molecule has 0 bridgehead atoms. The van der Waals surface area contributed by atoms with Crippen molar-refractivity contribution in [1.82, 2.24) is 9.55 Å². The van der Waals surface area contributed by atoms with Crippen molar-refractivity contribution in [2.24, 2.45) is 0 Å². The van der Waals surface area contributed by atoms with Crippen molar-refractivity contribution < 1.29 is 9.59 Å². The highest BCUT2D eigenvalue weighted by Crippen LogP contribution is 2.32. The fraction of sp³-hybridized carbons (Fsp3) is 0.258. The lowest BCUT2D eigenvalue weighted by atomic mass is 9.96. The van der Waals surface area contributed by atoms with Crippen LogP contribution in [0.3, 0.4) is 0 Å². The predicted molar refractivity (Wildman–Crippen MR) is 151 cm³/mol. The van der Waals surface area contributed by atoms with Crippen molar-refractivity contribution in [3.63, 3.8) is 0 Å². The molecule has 1 saturated heterocycles. The zero-order valence-electron chi connectivity index (χ0n) is 21.3. The number of carbonyl (C=O) groups is 2. The topological polar surface area (TPSA) is 70.5 Å². The second-order valence-corrected chi connectivity index (χ2v) is 9.87. The first-order chi connectivity index (χ1) is 18.7. The lowest BCUT2D eigenvalue weighted by molar-refractivity contribution is -0.112. The first-order valence-electron chi connectivity index (χ1n) is 13.3. The van der Waals surface area contributed by atoms with E-state index in [9.17, 15) is 9.59 Å². The number of nitrogens with zero attached hydrogens (tertiary/aromatic N) is 4. The summed E-state index contributed by atoms with van der Waals surface area (Å²) >= 11 is 0. The molecule has 0 radical (unpaired) electrons. The van der Waals surface area contributed by atoms with Gasteiger partial charge in [-0.15, -0.1) is 0 Å². The molecule has 0 unspecified atom stereocenters. The van der Waals surface area contributed by atoms with E-state index in [1.165, 1.54) is 0 Å². The van der Waals surface area contributed by atoms with Crippen LogP contribution in [-0.2, 0) is 17.8 Å². The Morgan fingerprint density at radius 1 is 0.763 bits per heavy atom. The summed E-state index contributed by atoms with van der Waals surface area (Å²) in [5.74, 6) is -0.0671. The van der Waals surface area contributed by atoms with Gasteiger partial charge >= 0.3 is 0 Å². The number of aryl methyl sites for hydroxylation is 1. The highest BCUT2D eigenvalue weighted by molar-refractivity contribution is 6.47. The summed E-state index contributed by atoms with van der Waals surface area (Å²) in [5.41, 5.74) is 5.02. The molecule has 7 nitrogen and oxygen atoms in total. The van der Waals surface area contributed by atoms with Crippen molar-refractivity contribution in [2.75, 3.05) is 41.3 Å². The molecule has 2 aliphatic rings. The minimum absolute atomic E-state index is 0.478. The molecular formula is C31H31N5O2. The van der Waals surface area contributed by atoms with E-state index in [0.29, 0.717) is 11.3 Å². The van der Waals surface area contributed by atoms with Gasteiger partial charge in [-0.05, 0) is 61.2 Å². The summed E-state index contributed by atoms with van der Waals surface area (Å²) in [6.45, 7) is 4.46. The second kappa shape index (κ2) is 10.5. The monoisotopic (exact) mass is 505 g/mol. The smallest absolute Gasteiger partial charge is 0.296 e. The summed E-state index contributed by atoms with van der Waals surface area (Å²) < 4.78 is 2.15. The van der Waals surface area contributed by atoms with Crippen LogP contribution in [-0.4, -0.2) is 47.4 Å². The Labute approximate surface area is 222 Å². The molecule has 6 rings (SSSR count). The first-order valence-corrected chi connectivity index (χ1v) is 13.3. The lowest BCUT2D eigenvalue weighted by Crippen LogP contribution is -2.46. The summed E-state index contributed by atoms with van der Waals surface area (Å²) in [6, 6.07) is 23.6. The Bertz CT molecular complexity index is 1420. The van der Waals surface area contributed by atoms with Crippen LogP contribution in [0.2, 0.25) is 0 Å². The number of Topliss-reactive ketones (excluding diaryl/α,β-unsaturated/α-hetero) is 1. The molecule has 192 valence electrons. The third-order valence-corrected chi connectivity index (χ3v) is 7.51. The second-order valence-electron chi connectivity index (χ2n) is 9.87. The SMILES string of the molecule is O=C(Nc1ccc(N2CCN(c3ccccn3)CC2)cc1)C(=O)c1c(-c2ccccc2)cn2c1CCCC2. The molecule has 2 aromatic carbocycles. The van der Waals surface area contributed by atoms with Crippen molar-refractivity contribution in [3.05, 3.63) is 96.4 Å². The third kappa shape index (κ3) is 4.79. The number of benzene rings is 2. The molecule has 4 aromatic rings. The Morgan fingerprint density at radius 3 is 2.24 bits per heavy atom.